The van der Waals surface area contributed by atoms with Crippen molar-refractivity contribution < 1.29 is 18.0 Å². The Morgan fingerprint density at radius 3 is 2.58 bits per heavy atom. The van der Waals surface area contributed by atoms with E-state index >= 15 is 0 Å². The zero-order valence-electron chi connectivity index (χ0n) is 14.7. The van der Waals surface area contributed by atoms with Crippen LogP contribution < -0.4 is 5.32 Å². The number of benzene rings is 1. The zero-order valence-corrected chi connectivity index (χ0v) is 14.7. The predicted octanol–water partition coefficient (Wildman–Crippen LogP) is 3.26. The number of hydrogen-bond donors (Lipinski definition) is 2. The summed E-state index contributed by atoms with van der Waals surface area (Å²) < 4.78 is 40.0. The van der Waals surface area contributed by atoms with Crippen LogP contribution in [-0.2, 0) is 7.05 Å². The fraction of sp³-hybridized carbons (Fsp3) is 0.353. The van der Waals surface area contributed by atoms with Crippen LogP contribution in [0.25, 0.3) is 22.2 Å². The van der Waals surface area contributed by atoms with Gasteiger partial charge < -0.3 is 9.88 Å². The molecule has 0 aliphatic rings. The number of fused-ring (bicyclic) bond motifs is 1. The lowest BCUT2D eigenvalue weighted by molar-refractivity contribution is -0.149. The molecule has 0 radical (unpaired) electrons. The minimum absolute atomic E-state index is 0.0000553. The lowest BCUT2D eigenvalue weighted by Gasteiger charge is -2.16. The summed E-state index contributed by atoms with van der Waals surface area (Å²) in [6.45, 7) is 4.59. The number of amides is 1. The molecule has 0 unspecified atom stereocenters. The van der Waals surface area contributed by atoms with Crippen molar-refractivity contribution in [3.05, 3.63) is 35.4 Å². The molecule has 3 rings (SSSR count). The van der Waals surface area contributed by atoms with Gasteiger partial charge in [-0.1, -0.05) is 0 Å². The Bertz CT molecular complexity index is 986. The van der Waals surface area contributed by atoms with Crippen molar-refractivity contribution >= 4 is 16.8 Å². The Labute approximate surface area is 147 Å². The van der Waals surface area contributed by atoms with Crippen molar-refractivity contribution in [2.24, 2.45) is 7.05 Å². The Kier molecular flexibility index (Phi) is 4.25. The number of imidazole rings is 1. The minimum atomic E-state index is -4.52. The second-order valence-corrected chi connectivity index (χ2v) is 6.27. The number of aromatic amines is 1. The maximum Gasteiger partial charge on any atom is 0.408 e. The average molecular weight is 365 g/mol. The van der Waals surface area contributed by atoms with Crippen molar-refractivity contribution in [3.8, 4) is 11.3 Å². The van der Waals surface area contributed by atoms with Crippen LogP contribution in [0.5, 0.6) is 0 Å². The number of H-pyrrole nitrogens is 1. The van der Waals surface area contributed by atoms with Crippen molar-refractivity contribution in [1.82, 2.24) is 25.1 Å². The molecule has 0 saturated carbocycles. The van der Waals surface area contributed by atoms with Crippen molar-refractivity contribution in [2.75, 3.05) is 0 Å². The van der Waals surface area contributed by atoms with E-state index in [4.69, 9.17) is 0 Å². The van der Waals surface area contributed by atoms with Gasteiger partial charge in [0.1, 0.15) is 17.6 Å². The molecule has 0 aliphatic heterocycles. The third kappa shape index (κ3) is 3.04. The average Bonchev–Trinajstić information content (AvgIpc) is 3.11. The number of halogens is 3. The van der Waals surface area contributed by atoms with E-state index in [1.807, 2.05) is 36.8 Å². The zero-order chi connectivity index (χ0) is 19.2. The standard InChI is InChI=1S/C17H18F3N5O/c1-8-5-11(13-7-21-10(3)25(13)4)6-12-14(8)23-24-15(12)16(26)22-9(2)17(18,19)20/h5-7,9H,1-4H3,(H,22,26)(H,23,24)/t9-/m0/s1. The molecule has 2 N–H and O–H groups in total. The molecular formula is C17H18F3N5O. The number of carbonyl (C=O) groups is 1. The molecule has 6 nitrogen and oxygen atoms in total. The summed E-state index contributed by atoms with van der Waals surface area (Å²) >= 11 is 0. The van der Waals surface area contributed by atoms with E-state index in [1.54, 1.807) is 12.3 Å². The molecule has 0 aliphatic carbocycles. The number of nitrogens with zero attached hydrogens (tertiary/aromatic N) is 3. The molecule has 0 spiro atoms. The Morgan fingerprint density at radius 1 is 1.31 bits per heavy atom. The van der Waals surface area contributed by atoms with E-state index in [-0.39, 0.29) is 5.69 Å². The fourth-order valence-corrected chi connectivity index (χ4v) is 2.73. The highest BCUT2D eigenvalue weighted by Gasteiger charge is 2.37. The van der Waals surface area contributed by atoms with Gasteiger partial charge in [0.25, 0.3) is 5.91 Å². The molecule has 2 aromatic heterocycles. The van der Waals surface area contributed by atoms with Gasteiger partial charge in [-0.25, -0.2) is 4.98 Å². The molecule has 0 bridgehead atoms. The monoisotopic (exact) mass is 365 g/mol. The summed E-state index contributed by atoms with van der Waals surface area (Å²) in [4.78, 5) is 16.6. The maximum absolute atomic E-state index is 12.7. The second kappa shape index (κ2) is 6.15. The molecular weight excluding hydrogens is 347 g/mol. The summed E-state index contributed by atoms with van der Waals surface area (Å²) in [7, 11) is 1.87. The molecule has 1 atom stereocenters. The Hall–Kier alpha value is -2.84. The van der Waals surface area contributed by atoms with Gasteiger partial charge in [-0.2, -0.15) is 18.3 Å². The Balaban J connectivity index is 2.06. The highest BCUT2D eigenvalue weighted by atomic mass is 19.4. The molecule has 1 aromatic carbocycles. The summed E-state index contributed by atoms with van der Waals surface area (Å²) in [5, 5.41) is 9.06. The number of aromatic nitrogens is 4. The van der Waals surface area contributed by atoms with Crippen LogP contribution in [-0.4, -0.2) is 37.9 Å². The van der Waals surface area contributed by atoms with Gasteiger partial charge in [0.05, 0.1) is 17.4 Å². The molecule has 1 amide bonds. The van der Waals surface area contributed by atoms with Gasteiger partial charge in [-0.15, -0.1) is 0 Å². The summed E-state index contributed by atoms with van der Waals surface area (Å²) in [5.74, 6) is -0.0306. The van der Waals surface area contributed by atoms with Crippen LogP contribution in [0.2, 0.25) is 0 Å². The van der Waals surface area contributed by atoms with Gasteiger partial charge in [0.15, 0.2) is 0 Å². The molecule has 9 heteroatoms. The number of carbonyl (C=O) groups excluding carboxylic acids is 1. The smallest absolute Gasteiger partial charge is 0.339 e. The minimum Gasteiger partial charge on any atom is -0.339 e. The lowest BCUT2D eigenvalue weighted by Crippen LogP contribution is -2.43. The van der Waals surface area contributed by atoms with E-state index in [0.29, 0.717) is 10.9 Å². The second-order valence-electron chi connectivity index (χ2n) is 6.27. The highest BCUT2D eigenvalue weighted by molar-refractivity contribution is 6.06. The van der Waals surface area contributed by atoms with Gasteiger partial charge in [-0.05, 0) is 38.5 Å². The summed E-state index contributed by atoms with van der Waals surface area (Å²) in [5.41, 5.74) is 2.98. The molecule has 0 fully saturated rings. The largest absolute Gasteiger partial charge is 0.408 e. The van der Waals surface area contributed by atoms with Crippen LogP contribution in [0.4, 0.5) is 13.2 Å². The van der Waals surface area contributed by atoms with Crippen LogP contribution in [0.3, 0.4) is 0 Å². The Morgan fingerprint density at radius 2 is 2.00 bits per heavy atom. The number of alkyl halides is 3. The number of hydrogen-bond acceptors (Lipinski definition) is 3. The van der Waals surface area contributed by atoms with Crippen molar-refractivity contribution in [1.29, 1.82) is 0 Å². The van der Waals surface area contributed by atoms with Crippen molar-refractivity contribution in [2.45, 2.75) is 33.0 Å². The summed E-state index contributed by atoms with van der Waals surface area (Å²) in [6.07, 6.45) is -2.81. The number of nitrogens with one attached hydrogen (secondary N) is 2. The van der Waals surface area contributed by atoms with E-state index < -0.39 is 18.1 Å². The first-order valence-electron chi connectivity index (χ1n) is 7.94. The first-order chi connectivity index (χ1) is 12.1. The van der Waals surface area contributed by atoms with E-state index in [0.717, 1.165) is 29.6 Å². The van der Waals surface area contributed by atoms with Gasteiger partial charge in [0, 0.05) is 18.0 Å². The normalized spacial score (nSPS) is 13.2. The molecule has 0 saturated heterocycles. The number of rotatable bonds is 3. The lowest BCUT2D eigenvalue weighted by atomic mass is 10.0. The van der Waals surface area contributed by atoms with Crippen LogP contribution in [0.15, 0.2) is 18.3 Å². The van der Waals surface area contributed by atoms with E-state index in [1.165, 1.54) is 0 Å². The molecule has 26 heavy (non-hydrogen) atoms. The van der Waals surface area contributed by atoms with Crippen LogP contribution in [0, 0.1) is 13.8 Å². The van der Waals surface area contributed by atoms with Gasteiger partial charge >= 0.3 is 6.18 Å². The van der Waals surface area contributed by atoms with Crippen LogP contribution >= 0.6 is 0 Å². The third-order valence-corrected chi connectivity index (χ3v) is 4.43. The quantitative estimate of drug-likeness (QED) is 0.748. The van der Waals surface area contributed by atoms with E-state index in [9.17, 15) is 18.0 Å². The van der Waals surface area contributed by atoms with Gasteiger partial charge in [0.2, 0.25) is 0 Å². The topological polar surface area (TPSA) is 75.6 Å². The number of aryl methyl sites for hydroxylation is 2. The SMILES string of the molecule is Cc1cc(-c2cnc(C)n2C)cc2c(C(=O)N[C@@H](C)C(F)(F)F)[nH]nc12. The maximum atomic E-state index is 12.7. The van der Waals surface area contributed by atoms with E-state index in [2.05, 4.69) is 15.2 Å². The molecule has 3 aromatic rings. The first-order valence-corrected chi connectivity index (χ1v) is 7.94. The first kappa shape index (κ1) is 18.0. The van der Waals surface area contributed by atoms with Gasteiger partial charge in [-0.3, -0.25) is 9.89 Å². The fourth-order valence-electron chi connectivity index (χ4n) is 2.73. The summed E-state index contributed by atoms with van der Waals surface area (Å²) in [6, 6.07) is 1.67. The van der Waals surface area contributed by atoms with Crippen LogP contribution in [0.1, 0.15) is 28.8 Å². The third-order valence-electron chi connectivity index (χ3n) is 4.43. The predicted molar refractivity (Wildman–Crippen MR) is 90.8 cm³/mol. The molecule has 2 heterocycles. The molecule has 138 valence electrons. The highest BCUT2D eigenvalue weighted by Crippen LogP contribution is 2.29. The van der Waals surface area contributed by atoms with Crippen molar-refractivity contribution in [3.63, 3.8) is 0 Å².